The average molecular weight is 421 g/mol. The molecule has 2 aromatic carbocycles. The van der Waals surface area contributed by atoms with Crippen molar-refractivity contribution in [1.82, 2.24) is 4.90 Å². The molecule has 2 aliphatic heterocycles. The maximum Gasteiger partial charge on any atom is 0.183 e. The van der Waals surface area contributed by atoms with Crippen molar-refractivity contribution in [2.45, 2.75) is 16.2 Å². The minimum absolute atomic E-state index is 0.0882. The van der Waals surface area contributed by atoms with E-state index in [0.29, 0.717) is 13.1 Å². The van der Waals surface area contributed by atoms with E-state index in [4.69, 9.17) is 0 Å². The largest absolute Gasteiger partial charge is 0.369 e. The van der Waals surface area contributed by atoms with Crippen molar-refractivity contribution in [3.05, 3.63) is 60.7 Å². The molecule has 150 valence electrons. The second-order valence-electron chi connectivity index (χ2n) is 7.40. The molecule has 2 fully saturated rings. The third-order valence-electron chi connectivity index (χ3n) is 5.65. The summed E-state index contributed by atoms with van der Waals surface area (Å²) in [5.41, 5.74) is 1.13. The second kappa shape index (κ2) is 7.50. The van der Waals surface area contributed by atoms with E-state index in [1.165, 1.54) is 0 Å². The van der Waals surface area contributed by atoms with Gasteiger partial charge in [0.2, 0.25) is 0 Å². The van der Waals surface area contributed by atoms with Gasteiger partial charge in [-0.3, -0.25) is 4.90 Å². The van der Waals surface area contributed by atoms with Crippen molar-refractivity contribution in [1.29, 1.82) is 0 Å². The smallest absolute Gasteiger partial charge is 0.183 e. The molecule has 2 saturated heterocycles. The molecule has 2 unspecified atom stereocenters. The zero-order chi connectivity index (χ0) is 19.8. The van der Waals surface area contributed by atoms with Crippen LogP contribution >= 0.6 is 0 Å². The highest BCUT2D eigenvalue weighted by Crippen LogP contribution is 2.30. The van der Waals surface area contributed by atoms with Gasteiger partial charge in [0.15, 0.2) is 19.7 Å². The van der Waals surface area contributed by atoms with E-state index in [1.54, 1.807) is 30.3 Å². The molecule has 8 heteroatoms. The van der Waals surface area contributed by atoms with Crippen LogP contribution in [0.3, 0.4) is 0 Å². The Kier molecular flexibility index (Phi) is 5.20. The van der Waals surface area contributed by atoms with E-state index in [-0.39, 0.29) is 16.4 Å². The van der Waals surface area contributed by atoms with Crippen LogP contribution in [0.4, 0.5) is 5.69 Å². The molecule has 0 aliphatic carbocycles. The number of piperazine rings is 1. The molecule has 0 radical (unpaired) electrons. The second-order valence-corrected chi connectivity index (χ2v) is 11.7. The first-order chi connectivity index (χ1) is 13.4. The van der Waals surface area contributed by atoms with Gasteiger partial charge in [-0.05, 0) is 24.3 Å². The highest BCUT2D eigenvalue weighted by Gasteiger charge is 2.48. The molecule has 0 amide bonds. The van der Waals surface area contributed by atoms with Crippen LogP contribution in [0.5, 0.6) is 0 Å². The summed E-state index contributed by atoms with van der Waals surface area (Å²) in [4.78, 5) is 4.50. The van der Waals surface area contributed by atoms with Crippen molar-refractivity contribution in [2.75, 3.05) is 42.6 Å². The molecule has 6 nitrogen and oxygen atoms in total. The number of benzene rings is 2. The molecule has 0 aromatic heterocycles. The molecular formula is C20H24N2O4S2. The zero-order valence-corrected chi connectivity index (χ0v) is 17.1. The number of nitrogens with zero attached hydrogens (tertiary/aromatic N) is 2. The Labute approximate surface area is 166 Å². The van der Waals surface area contributed by atoms with Gasteiger partial charge in [-0.2, -0.15) is 0 Å². The molecule has 0 spiro atoms. The van der Waals surface area contributed by atoms with Crippen molar-refractivity contribution >= 4 is 25.4 Å². The Balaban J connectivity index is 1.55. The Morgan fingerprint density at radius 2 is 1.36 bits per heavy atom. The summed E-state index contributed by atoms with van der Waals surface area (Å²) in [7, 11) is -7.09. The fraction of sp³-hybridized carbons (Fsp3) is 0.400. The number of hydrogen-bond acceptors (Lipinski definition) is 6. The standard InChI is InChI=1S/C20H24N2O4S2/c23-27(24)15-19(20(16-27)28(25,26)18-9-5-2-6-10-18)22-13-11-21(12-14-22)17-7-3-1-4-8-17/h1-10,19-20H,11-16H2. The first-order valence-corrected chi connectivity index (χ1v) is 12.8. The van der Waals surface area contributed by atoms with E-state index in [9.17, 15) is 16.8 Å². The minimum Gasteiger partial charge on any atom is -0.369 e. The summed E-state index contributed by atoms with van der Waals surface area (Å²) in [6.07, 6.45) is 0. The maximum atomic E-state index is 13.2. The molecule has 0 saturated carbocycles. The average Bonchev–Trinajstić information content (AvgIpc) is 3.06. The summed E-state index contributed by atoms with van der Waals surface area (Å²) in [6, 6.07) is 17.8. The van der Waals surface area contributed by atoms with Crippen molar-refractivity contribution in [3.63, 3.8) is 0 Å². The number of sulfone groups is 2. The molecule has 2 aromatic rings. The molecule has 0 N–H and O–H groups in total. The van der Waals surface area contributed by atoms with Gasteiger partial charge in [0.1, 0.15) is 0 Å². The number of rotatable bonds is 4. The summed E-state index contributed by atoms with van der Waals surface area (Å²) in [6.45, 7) is 2.79. The van der Waals surface area contributed by atoms with Crippen LogP contribution in [0, 0.1) is 0 Å². The summed E-state index contributed by atoms with van der Waals surface area (Å²) in [5, 5.41) is -0.914. The Morgan fingerprint density at radius 3 is 1.96 bits per heavy atom. The van der Waals surface area contributed by atoms with Crippen molar-refractivity contribution in [2.24, 2.45) is 0 Å². The van der Waals surface area contributed by atoms with Crippen LogP contribution in [0.1, 0.15) is 0 Å². The molecule has 2 atom stereocenters. The van der Waals surface area contributed by atoms with E-state index in [0.717, 1.165) is 18.8 Å². The van der Waals surface area contributed by atoms with Gasteiger partial charge < -0.3 is 4.90 Å². The van der Waals surface area contributed by atoms with Crippen LogP contribution in [0.15, 0.2) is 65.6 Å². The van der Waals surface area contributed by atoms with Gasteiger partial charge in [-0.25, -0.2) is 16.8 Å². The molecule has 0 bridgehead atoms. The van der Waals surface area contributed by atoms with E-state index in [1.807, 2.05) is 18.2 Å². The van der Waals surface area contributed by atoms with Crippen LogP contribution < -0.4 is 4.90 Å². The van der Waals surface area contributed by atoms with Crippen LogP contribution in [-0.2, 0) is 19.7 Å². The fourth-order valence-corrected chi connectivity index (χ4v) is 9.02. The van der Waals surface area contributed by atoms with Gasteiger partial charge in [-0.15, -0.1) is 0 Å². The van der Waals surface area contributed by atoms with Gasteiger partial charge in [0, 0.05) is 37.9 Å². The van der Waals surface area contributed by atoms with Crippen LogP contribution in [-0.4, -0.2) is 70.7 Å². The lowest BCUT2D eigenvalue weighted by atomic mass is 10.1. The third kappa shape index (κ3) is 3.81. The monoisotopic (exact) mass is 420 g/mol. The van der Waals surface area contributed by atoms with Gasteiger partial charge >= 0.3 is 0 Å². The number of anilines is 1. The van der Waals surface area contributed by atoms with Gasteiger partial charge in [-0.1, -0.05) is 36.4 Å². The van der Waals surface area contributed by atoms with Crippen LogP contribution in [0.25, 0.3) is 0 Å². The zero-order valence-electron chi connectivity index (χ0n) is 15.5. The first-order valence-electron chi connectivity index (χ1n) is 9.40. The quantitative estimate of drug-likeness (QED) is 0.745. The summed E-state index contributed by atoms with van der Waals surface area (Å²) >= 11 is 0. The Hall–Kier alpha value is -1.90. The summed E-state index contributed by atoms with van der Waals surface area (Å²) in [5.74, 6) is -0.386. The highest BCUT2D eigenvalue weighted by molar-refractivity contribution is 7.96. The van der Waals surface area contributed by atoms with E-state index < -0.39 is 31.0 Å². The van der Waals surface area contributed by atoms with Gasteiger partial charge in [0.05, 0.1) is 21.7 Å². The predicted octanol–water partition coefficient (Wildman–Crippen LogP) is 1.45. The predicted molar refractivity (Wildman–Crippen MR) is 110 cm³/mol. The highest BCUT2D eigenvalue weighted by atomic mass is 32.2. The van der Waals surface area contributed by atoms with Crippen molar-refractivity contribution < 1.29 is 16.8 Å². The lowest BCUT2D eigenvalue weighted by Crippen LogP contribution is -2.55. The van der Waals surface area contributed by atoms with E-state index in [2.05, 4.69) is 21.9 Å². The van der Waals surface area contributed by atoms with Crippen LogP contribution in [0.2, 0.25) is 0 Å². The summed E-state index contributed by atoms with van der Waals surface area (Å²) < 4.78 is 51.0. The minimum atomic E-state index is -3.71. The molecule has 2 aliphatic rings. The van der Waals surface area contributed by atoms with E-state index >= 15 is 0 Å². The SMILES string of the molecule is O=S1(=O)CC(N2CCN(c3ccccc3)CC2)C(S(=O)(=O)c2ccccc2)C1. The molecule has 2 heterocycles. The van der Waals surface area contributed by atoms with Gasteiger partial charge in [0.25, 0.3) is 0 Å². The third-order valence-corrected chi connectivity index (χ3v) is 9.78. The first kappa shape index (κ1) is 19.4. The fourth-order valence-electron chi connectivity index (χ4n) is 4.17. The Bertz CT molecular complexity index is 1020. The normalized spacial score (nSPS) is 25.6. The molecule has 28 heavy (non-hydrogen) atoms. The molecule has 4 rings (SSSR count). The number of hydrogen-bond donors (Lipinski definition) is 0. The van der Waals surface area contributed by atoms with Crippen molar-refractivity contribution in [3.8, 4) is 0 Å². The lowest BCUT2D eigenvalue weighted by Gasteiger charge is -2.40. The Morgan fingerprint density at radius 1 is 0.786 bits per heavy atom. The molecular weight excluding hydrogens is 396 g/mol. The lowest BCUT2D eigenvalue weighted by molar-refractivity contribution is 0.201. The topological polar surface area (TPSA) is 74.8 Å². The number of para-hydroxylation sites is 1. The maximum absolute atomic E-state index is 13.2.